The number of hydrogen-bond acceptors (Lipinski definition) is 3. The van der Waals surface area contributed by atoms with Crippen LogP contribution in [0.3, 0.4) is 0 Å². The Morgan fingerprint density at radius 3 is 2.62 bits per heavy atom. The summed E-state index contributed by atoms with van der Waals surface area (Å²) in [7, 11) is 2.17. The predicted octanol–water partition coefficient (Wildman–Crippen LogP) is 0.692. The third-order valence-corrected chi connectivity index (χ3v) is 2.68. The van der Waals surface area contributed by atoms with E-state index < -0.39 is 0 Å². The number of piperidine rings is 1. The van der Waals surface area contributed by atoms with Crippen molar-refractivity contribution in [1.29, 1.82) is 0 Å². The van der Waals surface area contributed by atoms with E-state index in [9.17, 15) is 0 Å². The predicted molar refractivity (Wildman–Crippen MR) is 54.7 cm³/mol. The highest BCUT2D eigenvalue weighted by Gasteiger charge is 2.17. The lowest BCUT2D eigenvalue weighted by molar-refractivity contribution is -0.00134. The summed E-state index contributed by atoms with van der Waals surface area (Å²) in [5.41, 5.74) is 5.52. The van der Waals surface area contributed by atoms with Crippen molar-refractivity contribution >= 4 is 0 Å². The summed E-state index contributed by atoms with van der Waals surface area (Å²) >= 11 is 0. The molecule has 1 aliphatic heterocycles. The third-order valence-electron chi connectivity index (χ3n) is 2.68. The normalized spacial score (nSPS) is 23.3. The lowest BCUT2D eigenvalue weighted by Gasteiger charge is -2.29. The quantitative estimate of drug-likeness (QED) is 0.702. The van der Waals surface area contributed by atoms with Crippen molar-refractivity contribution in [2.75, 3.05) is 33.3 Å². The molecule has 0 radical (unpaired) electrons. The molecule has 0 bridgehead atoms. The highest BCUT2D eigenvalue weighted by molar-refractivity contribution is 4.70. The van der Waals surface area contributed by atoms with E-state index in [2.05, 4.69) is 18.9 Å². The van der Waals surface area contributed by atoms with Gasteiger partial charge in [0.05, 0.1) is 12.7 Å². The van der Waals surface area contributed by atoms with Gasteiger partial charge < -0.3 is 15.4 Å². The van der Waals surface area contributed by atoms with Crippen LogP contribution in [-0.2, 0) is 4.74 Å². The summed E-state index contributed by atoms with van der Waals surface area (Å²) in [6, 6.07) is 0. The first kappa shape index (κ1) is 11.0. The number of nitrogens with two attached hydrogens (primary N) is 1. The smallest absolute Gasteiger partial charge is 0.0599 e. The fourth-order valence-corrected chi connectivity index (χ4v) is 1.52. The number of ether oxygens (including phenoxy) is 1. The zero-order chi connectivity index (χ0) is 9.68. The van der Waals surface area contributed by atoms with E-state index >= 15 is 0 Å². The topological polar surface area (TPSA) is 38.5 Å². The Morgan fingerprint density at radius 2 is 2.08 bits per heavy atom. The Labute approximate surface area is 81.2 Å². The fraction of sp³-hybridized carbons (Fsp3) is 1.00. The van der Waals surface area contributed by atoms with Gasteiger partial charge in [0.15, 0.2) is 0 Å². The molecule has 1 heterocycles. The van der Waals surface area contributed by atoms with Crippen molar-refractivity contribution in [3.63, 3.8) is 0 Å². The molecule has 0 saturated carbocycles. The van der Waals surface area contributed by atoms with Gasteiger partial charge in [-0.1, -0.05) is 6.92 Å². The van der Waals surface area contributed by atoms with Crippen molar-refractivity contribution in [3.05, 3.63) is 0 Å². The molecule has 3 heteroatoms. The maximum atomic E-state index is 5.78. The lowest BCUT2D eigenvalue weighted by Crippen LogP contribution is -2.35. The summed E-state index contributed by atoms with van der Waals surface area (Å²) < 4.78 is 5.78. The van der Waals surface area contributed by atoms with Crippen LogP contribution in [0, 0.1) is 5.92 Å². The summed E-state index contributed by atoms with van der Waals surface area (Å²) in [6.07, 6.45) is 2.83. The van der Waals surface area contributed by atoms with Crippen LogP contribution in [0.4, 0.5) is 0 Å². The molecular formula is C10H22N2O. The van der Waals surface area contributed by atoms with Gasteiger partial charge in [0.1, 0.15) is 0 Å². The van der Waals surface area contributed by atoms with Gasteiger partial charge in [0, 0.05) is 13.1 Å². The van der Waals surface area contributed by atoms with E-state index in [0.717, 1.165) is 13.2 Å². The van der Waals surface area contributed by atoms with E-state index in [1.165, 1.54) is 25.9 Å². The van der Waals surface area contributed by atoms with E-state index in [4.69, 9.17) is 10.5 Å². The Morgan fingerprint density at radius 1 is 1.46 bits per heavy atom. The first-order valence-electron chi connectivity index (χ1n) is 5.22. The molecule has 0 aromatic heterocycles. The molecule has 78 valence electrons. The fourth-order valence-electron chi connectivity index (χ4n) is 1.52. The van der Waals surface area contributed by atoms with Crippen molar-refractivity contribution in [3.8, 4) is 0 Å². The van der Waals surface area contributed by atoms with E-state index in [1.807, 2.05) is 0 Å². The van der Waals surface area contributed by atoms with Crippen LogP contribution in [0.2, 0.25) is 0 Å². The number of hydrogen-bond donors (Lipinski definition) is 1. The highest BCUT2D eigenvalue weighted by atomic mass is 16.5. The molecule has 1 aliphatic rings. The van der Waals surface area contributed by atoms with E-state index in [1.54, 1.807) is 0 Å². The van der Waals surface area contributed by atoms with E-state index in [-0.39, 0.29) is 0 Å². The van der Waals surface area contributed by atoms with Gasteiger partial charge in [0.2, 0.25) is 0 Å². The zero-order valence-corrected chi connectivity index (χ0v) is 8.83. The highest BCUT2D eigenvalue weighted by Crippen LogP contribution is 2.12. The first-order chi connectivity index (χ1) is 6.22. The molecule has 3 nitrogen and oxygen atoms in total. The number of rotatable bonds is 4. The molecule has 0 aliphatic carbocycles. The Kier molecular flexibility index (Phi) is 4.70. The summed E-state index contributed by atoms with van der Waals surface area (Å²) in [5.74, 6) is 0.500. The van der Waals surface area contributed by atoms with Crippen LogP contribution in [0.25, 0.3) is 0 Å². The minimum absolute atomic E-state index is 0.477. The standard InChI is InChI=1S/C10H22N2O/c1-9(7-11)8-13-10-3-5-12(2)6-4-10/h9-10H,3-8,11H2,1-2H3. The molecule has 0 spiro atoms. The molecule has 1 fully saturated rings. The maximum absolute atomic E-state index is 5.78. The van der Waals surface area contributed by atoms with Crippen molar-refractivity contribution in [1.82, 2.24) is 4.90 Å². The largest absolute Gasteiger partial charge is 0.378 e. The molecule has 13 heavy (non-hydrogen) atoms. The van der Waals surface area contributed by atoms with E-state index in [0.29, 0.717) is 12.0 Å². The second kappa shape index (κ2) is 5.58. The molecule has 2 N–H and O–H groups in total. The van der Waals surface area contributed by atoms with Crippen LogP contribution in [0.1, 0.15) is 19.8 Å². The van der Waals surface area contributed by atoms with Crippen LogP contribution in [-0.4, -0.2) is 44.3 Å². The molecular weight excluding hydrogens is 164 g/mol. The van der Waals surface area contributed by atoms with Crippen molar-refractivity contribution in [2.45, 2.75) is 25.9 Å². The molecule has 1 saturated heterocycles. The molecule has 0 aromatic carbocycles. The van der Waals surface area contributed by atoms with Crippen molar-refractivity contribution in [2.24, 2.45) is 11.7 Å². The second-order valence-corrected chi connectivity index (χ2v) is 4.18. The Balaban J connectivity index is 2.08. The van der Waals surface area contributed by atoms with Crippen LogP contribution >= 0.6 is 0 Å². The van der Waals surface area contributed by atoms with Gasteiger partial charge >= 0.3 is 0 Å². The average Bonchev–Trinajstić information content (AvgIpc) is 2.16. The SMILES string of the molecule is CC(CN)COC1CCN(C)CC1. The lowest BCUT2D eigenvalue weighted by atomic mass is 10.1. The Hall–Kier alpha value is -0.120. The second-order valence-electron chi connectivity index (χ2n) is 4.18. The van der Waals surface area contributed by atoms with Crippen molar-refractivity contribution < 1.29 is 4.74 Å². The minimum atomic E-state index is 0.477. The summed E-state index contributed by atoms with van der Waals surface area (Å²) in [4.78, 5) is 2.35. The van der Waals surface area contributed by atoms with Gasteiger partial charge in [-0.05, 0) is 32.4 Å². The molecule has 1 rings (SSSR count). The summed E-state index contributed by atoms with van der Waals surface area (Å²) in [6.45, 7) is 6.02. The third kappa shape index (κ3) is 4.07. The number of likely N-dealkylation sites (tertiary alicyclic amines) is 1. The molecule has 0 aromatic rings. The molecule has 1 atom stereocenters. The van der Waals surface area contributed by atoms with Crippen LogP contribution in [0.15, 0.2) is 0 Å². The molecule has 0 amide bonds. The number of nitrogens with zero attached hydrogens (tertiary/aromatic N) is 1. The summed E-state index contributed by atoms with van der Waals surface area (Å²) in [5, 5.41) is 0. The molecule has 1 unspecified atom stereocenters. The first-order valence-corrected chi connectivity index (χ1v) is 5.22. The monoisotopic (exact) mass is 186 g/mol. The van der Waals surface area contributed by atoms with Gasteiger partial charge in [-0.15, -0.1) is 0 Å². The Bertz CT molecular complexity index is 133. The van der Waals surface area contributed by atoms with Gasteiger partial charge in [0.25, 0.3) is 0 Å². The van der Waals surface area contributed by atoms with Gasteiger partial charge in [-0.25, -0.2) is 0 Å². The average molecular weight is 186 g/mol. The van der Waals surface area contributed by atoms with Crippen LogP contribution in [0.5, 0.6) is 0 Å². The maximum Gasteiger partial charge on any atom is 0.0599 e. The van der Waals surface area contributed by atoms with Crippen LogP contribution < -0.4 is 5.73 Å². The van der Waals surface area contributed by atoms with Gasteiger partial charge in [-0.3, -0.25) is 0 Å². The minimum Gasteiger partial charge on any atom is -0.378 e. The zero-order valence-electron chi connectivity index (χ0n) is 8.83. The van der Waals surface area contributed by atoms with Gasteiger partial charge in [-0.2, -0.15) is 0 Å².